The molecular weight excluding hydrogens is 322 g/mol. The Bertz CT molecular complexity index is 837. The van der Waals surface area contributed by atoms with Crippen LogP contribution >= 0.6 is 0 Å². The lowest BCUT2D eigenvalue weighted by Gasteiger charge is -2.27. The van der Waals surface area contributed by atoms with Crippen molar-refractivity contribution in [3.05, 3.63) is 59.2 Å². The summed E-state index contributed by atoms with van der Waals surface area (Å²) >= 11 is 0. The van der Waals surface area contributed by atoms with Crippen molar-refractivity contribution in [2.24, 2.45) is 0 Å². The zero-order valence-corrected chi connectivity index (χ0v) is 15.4. The van der Waals surface area contributed by atoms with Crippen LogP contribution < -0.4 is 10.9 Å². The van der Waals surface area contributed by atoms with Gasteiger partial charge in [0.25, 0.3) is 0 Å². The summed E-state index contributed by atoms with van der Waals surface area (Å²) in [5.74, 6) is 1.02. The number of hydrogen-bond acceptors (Lipinski definition) is 4. The molecule has 0 saturated heterocycles. The van der Waals surface area contributed by atoms with Gasteiger partial charge in [0.15, 0.2) is 0 Å². The van der Waals surface area contributed by atoms with Crippen molar-refractivity contribution >= 4 is 11.0 Å². The standard InChI is InChI=1S/C21H27N5/c1-2-3-12-23-26-19-10-6-7-16-15(11-13-22-21(16)19)14-20-24-17-8-4-5-9-18(17)25-20/h4-5,8-9,11,13,19,23,26H,2-3,6-7,10,12,14H2,1H3,(H,24,25). The van der Waals surface area contributed by atoms with Gasteiger partial charge in [-0.25, -0.2) is 10.4 Å². The van der Waals surface area contributed by atoms with Gasteiger partial charge in [0.2, 0.25) is 0 Å². The van der Waals surface area contributed by atoms with Crippen LogP contribution in [-0.2, 0) is 12.8 Å². The zero-order valence-electron chi connectivity index (χ0n) is 15.4. The summed E-state index contributed by atoms with van der Waals surface area (Å²) in [6, 6.07) is 10.7. The highest BCUT2D eigenvalue weighted by Gasteiger charge is 2.23. The average molecular weight is 349 g/mol. The molecule has 1 unspecified atom stereocenters. The minimum absolute atomic E-state index is 0.297. The lowest BCUT2D eigenvalue weighted by atomic mass is 9.88. The van der Waals surface area contributed by atoms with Crippen molar-refractivity contribution in [1.29, 1.82) is 0 Å². The van der Waals surface area contributed by atoms with Gasteiger partial charge in [-0.05, 0) is 55.0 Å². The molecule has 1 aliphatic rings. The Kier molecular flexibility index (Phi) is 5.27. The Morgan fingerprint density at radius 3 is 3.04 bits per heavy atom. The number of fused-ring (bicyclic) bond motifs is 2. The molecule has 26 heavy (non-hydrogen) atoms. The number of rotatable bonds is 7. The first-order valence-corrected chi connectivity index (χ1v) is 9.74. The molecule has 3 aromatic rings. The van der Waals surface area contributed by atoms with E-state index < -0.39 is 0 Å². The lowest BCUT2D eigenvalue weighted by Crippen LogP contribution is -2.38. The first kappa shape index (κ1) is 17.2. The van der Waals surface area contributed by atoms with E-state index in [2.05, 4.69) is 41.0 Å². The number of hydrazine groups is 1. The summed E-state index contributed by atoms with van der Waals surface area (Å²) in [7, 11) is 0. The van der Waals surface area contributed by atoms with Crippen LogP contribution in [0.1, 0.15) is 61.3 Å². The minimum Gasteiger partial charge on any atom is -0.342 e. The van der Waals surface area contributed by atoms with Gasteiger partial charge >= 0.3 is 0 Å². The second-order valence-electron chi connectivity index (χ2n) is 7.08. The van der Waals surface area contributed by atoms with E-state index in [0.29, 0.717) is 6.04 Å². The van der Waals surface area contributed by atoms with Crippen LogP contribution in [0.2, 0.25) is 0 Å². The van der Waals surface area contributed by atoms with Crippen molar-refractivity contribution in [1.82, 2.24) is 25.8 Å². The van der Waals surface area contributed by atoms with Crippen LogP contribution in [-0.4, -0.2) is 21.5 Å². The SMILES string of the molecule is CCCCNNC1CCCc2c(Cc3nc4ccccc4[nH]3)ccnc21. The van der Waals surface area contributed by atoms with E-state index in [-0.39, 0.29) is 0 Å². The molecule has 2 aromatic heterocycles. The summed E-state index contributed by atoms with van der Waals surface area (Å²) in [6.07, 6.45) is 8.60. The van der Waals surface area contributed by atoms with Crippen LogP contribution in [0, 0.1) is 0 Å². The third kappa shape index (κ3) is 3.64. The molecule has 0 saturated carbocycles. The third-order valence-corrected chi connectivity index (χ3v) is 5.16. The normalized spacial score (nSPS) is 16.7. The second-order valence-corrected chi connectivity index (χ2v) is 7.08. The molecule has 4 rings (SSSR count). The first-order valence-electron chi connectivity index (χ1n) is 9.74. The lowest BCUT2D eigenvalue weighted by molar-refractivity contribution is 0.383. The molecule has 0 aliphatic heterocycles. The fourth-order valence-corrected chi connectivity index (χ4v) is 3.80. The highest BCUT2D eigenvalue weighted by Crippen LogP contribution is 2.30. The zero-order chi connectivity index (χ0) is 17.8. The number of aromatic amines is 1. The molecule has 1 aliphatic carbocycles. The van der Waals surface area contributed by atoms with Crippen LogP contribution in [0.25, 0.3) is 11.0 Å². The molecule has 0 radical (unpaired) electrons. The molecular formula is C21H27N5. The van der Waals surface area contributed by atoms with Crippen LogP contribution in [0.4, 0.5) is 0 Å². The van der Waals surface area contributed by atoms with E-state index in [1.165, 1.54) is 36.1 Å². The van der Waals surface area contributed by atoms with Gasteiger partial charge in [0.1, 0.15) is 5.82 Å². The van der Waals surface area contributed by atoms with E-state index in [4.69, 9.17) is 9.97 Å². The van der Waals surface area contributed by atoms with E-state index in [9.17, 15) is 0 Å². The quantitative estimate of drug-likeness (QED) is 0.448. The fraction of sp³-hybridized carbons (Fsp3) is 0.429. The molecule has 5 heteroatoms. The number of unbranched alkanes of at least 4 members (excludes halogenated alkanes) is 1. The molecule has 1 atom stereocenters. The van der Waals surface area contributed by atoms with Crippen LogP contribution in [0.15, 0.2) is 36.5 Å². The number of H-pyrrole nitrogens is 1. The third-order valence-electron chi connectivity index (χ3n) is 5.16. The Morgan fingerprint density at radius 1 is 1.23 bits per heavy atom. The van der Waals surface area contributed by atoms with Crippen molar-refractivity contribution < 1.29 is 0 Å². The first-order chi connectivity index (χ1) is 12.8. The maximum Gasteiger partial charge on any atom is 0.111 e. The summed E-state index contributed by atoms with van der Waals surface area (Å²) < 4.78 is 0. The van der Waals surface area contributed by atoms with Crippen molar-refractivity contribution in [2.45, 2.75) is 51.5 Å². The van der Waals surface area contributed by atoms with Crippen molar-refractivity contribution in [2.75, 3.05) is 6.54 Å². The maximum atomic E-state index is 4.74. The van der Waals surface area contributed by atoms with Gasteiger partial charge in [-0.1, -0.05) is 25.5 Å². The monoisotopic (exact) mass is 349 g/mol. The molecule has 1 aromatic carbocycles. The van der Waals surface area contributed by atoms with E-state index in [1.807, 2.05) is 18.3 Å². The highest BCUT2D eigenvalue weighted by molar-refractivity contribution is 5.74. The summed E-state index contributed by atoms with van der Waals surface area (Å²) in [4.78, 5) is 12.9. The maximum absolute atomic E-state index is 4.74. The molecule has 0 amide bonds. The van der Waals surface area contributed by atoms with Gasteiger partial charge in [-0.3, -0.25) is 10.4 Å². The summed E-state index contributed by atoms with van der Waals surface area (Å²) in [5.41, 5.74) is 12.9. The minimum atomic E-state index is 0.297. The number of para-hydroxylation sites is 2. The van der Waals surface area contributed by atoms with E-state index in [1.54, 1.807) is 0 Å². The number of benzene rings is 1. The summed E-state index contributed by atoms with van der Waals surface area (Å²) in [6.45, 7) is 3.21. The molecule has 0 spiro atoms. The van der Waals surface area contributed by atoms with E-state index >= 15 is 0 Å². The fourth-order valence-electron chi connectivity index (χ4n) is 3.80. The number of imidazole rings is 1. The summed E-state index contributed by atoms with van der Waals surface area (Å²) in [5, 5.41) is 0. The molecule has 2 heterocycles. The molecule has 0 fully saturated rings. The Morgan fingerprint density at radius 2 is 2.15 bits per heavy atom. The highest BCUT2D eigenvalue weighted by atomic mass is 15.4. The van der Waals surface area contributed by atoms with Gasteiger partial charge < -0.3 is 4.98 Å². The smallest absolute Gasteiger partial charge is 0.111 e. The Hall–Kier alpha value is -2.24. The topological polar surface area (TPSA) is 65.6 Å². The molecule has 136 valence electrons. The molecule has 5 nitrogen and oxygen atoms in total. The molecule has 3 N–H and O–H groups in total. The second kappa shape index (κ2) is 7.98. The van der Waals surface area contributed by atoms with E-state index in [0.717, 1.165) is 42.7 Å². The predicted molar refractivity (Wildman–Crippen MR) is 105 cm³/mol. The molecule has 0 bridgehead atoms. The van der Waals surface area contributed by atoms with Gasteiger partial charge in [-0.15, -0.1) is 0 Å². The number of hydrogen-bond donors (Lipinski definition) is 3. The van der Waals surface area contributed by atoms with Crippen molar-refractivity contribution in [3.63, 3.8) is 0 Å². The number of aromatic nitrogens is 3. The predicted octanol–water partition coefficient (Wildman–Crippen LogP) is 3.82. The van der Waals surface area contributed by atoms with Gasteiger partial charge in [-0.2, -0.15) is 0 Å². The van der Waals surface area contributed by atoms with Crippen LogP contribution in [0.5, 0.6) is 0 Å². The number of pyridine rings is 1. The number of nitrogens with zero attached hydrogens (tertiary/aromatic N) is 2. The van der Waals surface area contributed by atoms with Gasteiger partial charge in [0.05, 0.1) is 22.8 Å². The Balaban J connectivity index is 1.54. The van der Waals surface area contributed by atoms with Gasteiger partial charge in [0, 0.05) is 19.2 Å². The average Bonchev–Trinajstić information content (AvgIpc) is 3.08. The van der Waals surface area contributed by atoms with Crippen LogP contribution in [0.3, 0.4) is 0 Å². The largest absolute Gasteiger partial charge is 0.342 e. The number of nitrogens with one attached hydrogen (secondary N) is 3. The van der Waals surface area contributed by atoms with Crippen molar-refractivity contribution in [3.8, 4) is 0 Å². The Labute approximate surface area is 154 Å².